The smallest absolute Gasteiger partial charge is 0.234 e. The minimum absolute atomic E-state index is 0.103. The van der Waals surface area contributed by atoms with Gasteiger partial charge in [-0.3, -0.25) is 9.69 Å². The topological polar surface area (TPSA) is 67.6 Å². The Hall–Kier alpha value is -0.650. The van der Waals surface area contributed by atoms with E-state index in [1.807, 2.05) is 6.92 Å². The number of carbonyl (C=O) groups excluding carboxylic acids is 1. The van der Waals surface area contributed by atoms with Gasteiger partial charge in [-0.15, -0.1) is 0 Å². The monoisotopic (exact) mass is 243 g/mol. The van der Waals surface area contributed by atoms with E-state index in [1.54, 1.807) is 7.11 Å². The fourth-order valence-electron chi connectivity index (χ4n) is 2.14. The highest BCUT2D eigenvalue weighted by molar-refractivity contribution is 5.78. The second-order valence-corrected chi connectivity index (χ2v) is 4.84. The Bertz CT molecular complexity index is 234. The third-order valence-corrected chi connectivity index (χ3v) is 3.27. The molecule has 1 fully saturated rings. The zero-order chi connectivity index (χ0) is 12.7. The molecule has 1 aliphatic heterocycles. The number of rotatable bonds is 7. The second kappa shape index (κ2) is 7.63. The highest BCUT2D eigenvalue weighted by Gasteiger charge is 2.26. The molecule has 1 amide bonds. The van der Waals surface area contributed by atoms with Crippen molar-refractivity contribution in [1.29, 1.82) is 0 Å². The van der Waals surface area contributed by atoms with Crippen molar-refractivity contribution in [3.63, 3.8) is 0 Å². The van der Waals surface area contributed by atoms with Crippen molar-refractivity contribution in [1.82, 2.24) is 10.2 Å². The van der Waals surface area contributed by atoms with Gasteiger partial charge in [0.1, 0.15) is 0 Å². The van der Waals surface area contributed by atoms with Gasteiger partial charge in [-0.05, 0) is 32.2 Å². The predicted molar refractivity (Wildman–Crippen MR) is 67.7 cm³/mol. The Kier molecular flexibility index (Phi) is 6.47. The summed E-state index contributed by atoms with van der Waals surface area (Å²) in [5.41, 5.74) is 5.86. The van der Waals surface area contributed by atoms with Gasteiger partial charge in [0.2, 0.25) is 5.91 Å². The van der Waals surface area contributed by atoms with Gasteiger partial charge in [0.25, 0.3) is 0 Å². The Labute approximate surface area is 104 Å². The van der Waals surface area contributed by atoms with Crippen molar-refractivity contribution in [2.45, 2.75) is 25.8 Å². The fourth-order valence-corrected chi connectivity index (χ4v) is 2.14. The largest absolute Gasteiger partial charge is 0.385 e. The highest BCUT2D eigenvalue weighted by atomic mass is 16.5. The third-order valence-electron chi connectivity index (χ3n) is 3.27. The molecule has 17 heavy (non-hydrogen) atoms. The number of likely N-dealkylation sites (tertiary alicyclic amines) is 1. The van der Waals surface area contributed by atoms with Gasteiger partial charge < -0.3 is 15.8 Å². The van der Waals surface area contributed by atoms with Crippen LogP contribution in [0.2, 0.25) is 0 Å². The van der Waals surface area contributed by atoms with Crippen LogP contribution in [0.5, 0.6) is 0 Å². The maximum absolute atomic E-state index is 11.6. The van der Waals surface area contributed by atoms with Crippen molar-refractivity contribution in [2.24, 2.45) is 11.7 Å². The summed E-state index contributed by atoms with van der Waals surface area (Å²) in [7, 11) is 1.67. The van der Waals surface area contributed by atoms with Gasteiger partial charge >= 0.3 is 0 Å². The van der Waals surface area contributed by atoms with Crippen molar-refractivity contribution >= 4 is 5.91 Å². The molecule has 1 heterocycles. The zero-order valence-corrected chi connectivity index (χ0v) is 10.9. The lowest BCUT2D eigenvalue weighted by molar-refractivity contribution is -0.122. The summed E-state index contributed by atoms with van der Waals surface area (Å²) in [6.45, 7) is 5.85. The molecule has 100 valence electrons. The normalized spacial score (nSPS) is 22.6. The lowest BCUT2D eigenvalue weighted by atomic mass is 10.0. The van der Waals surface area contributed by atoms with Crippen LogP contribution in [-0.2, 0) is 9.53 Å². The van der Waals surface area contributed by atoms with Crippen molar-refractivity contribution in [3.8, 4) is 0 Å². The Morgan fingerprint density at radius 2 is 2.41 bits per heavy atom. The quantitative estimate of drug-likeness (QED) is 0.608. The molecule has 5 heteroatoms. The van der Waals surface area contributed by atoms with Crippen LogP contribution in [0.3, 0.4) is 0 Å². The molecule has 0 spiro atoms. The Morgan fingerprint density at radius 3 is 3.00 bits per heavy atom. The van der Waals surface area contributed by atoms with Gasteiger partial charge in [-0.25, -0.2) is 0 Å². The first-order valence-corrected chi connectivity index (χ1v) is 6.37. The fraction of sp³-hybridized carbons (Fsp3) is 0.917. The molecule has 0 aromatic carbocycles. The highest BCUT2D eigenvalue weighted by Crippen LogP contribution is 2.17. The molecule has 0 saturated carbocycles. The summed E-state index contributed by atoms with van der Waals surface area (Å²) in [6.07, 6.45) is 1.97. The molecular formula is C12H25N3O2. The van der Waals surface area contributed by atoms with E-state index in [2.05, 4.69) is 10.2 Å². The van der Waals surface area contributed by atoms with E-state index in [0.717, 1.165) is 25.9 Å². The summed E-state index contributed by atoms with van der Waals surface area (Å²) >= 11 is 0. The van der Waals surface area contributed by atoms with E-state index in [-0.39, 0.29) is 11.9 Å². The number of nitrogens with one attached hydrogen (secondary N) is 1. The number of nitrogens with zero attached hydrogens (tertiary/aromatic N) is 1. The molecule has 1 aliphatic rings. The Balaban J connectivity index is 2.11. The SMILES string of the molecule is COCCCNC(=O)CN1CCC(C(C)N)C1. The number of methoxy groups -OCH3 is 1. The van der Waals surface area contributed by atoms with E-state index >= 15 is 0 Å². The van der Waals surface area contributed by atoms with Crippen LogP contribution in [0.4, 0.5) is 0 Å². The van der Waals surface area contributed by atoms with Crippen LogP contribution in [-0.4, -0.2) is 56.7 Å². The van der Waals surface area contributed by atoms with Crippen molar-refractivity contribution in [2.75, 3.05) is 39.9 Å². The standard InChI is InChI=1S/C12H25N3O2/c1-10(13)11-4-6-15(8-11)9-12(16)14-5-3-7-17-2/h10-11H,3-9,13H2,1-2H3,(H,14,16). The molecule has 2 unspecified atom stereocenters. The maximum Gasteiger partial charge on any atom is 0.234 e. The molecule has 1 rings (SSSR count). The zero-order valence-electron chi connectivity index (χ0n) is 10.9. The first-order valence-electron chi connectivity index (χ1n) is 6.37. The van der Waals surface area contributed by atoms with E-state index in [9.17, 15) is 4.79 Å². The number of amides is 1. The molecule has 0 aromatic heterocycles. The van der Waals surface area contributed by atoms with Gasteiger partial charge in [-0.1, -0.05) is 0 Å². The number of hydrogen-bond donors (Lipinski definition) is 2. The Morgan fingerprint density at radius 1 is 1.65 bits per heavy atom. The average Bonchev–Trinajstić information content (AvgIpc) is 2.73. The van der Waals surface area contributed by atoms with Crippen molar-refractivity contribution in [3.05, 3.63) is 0 Å². The molecule has 5 nitrogen and oxygen atoms in total. The van der Waals surface area contributed by atoms with Crippen LogP contribution in [0.1, 0.15) is 19.8 Å². The first kappa shape index (κ1) is 14.4. The molecule has 0 radical (unpaired) electrons. The maximum atomic E-state index is 11.6. The van der Waals surface area contributed by atoms with Crippen LogP contribution >= 0.6 is 0 Å². The van der Waals surface area contributed by atoms with Crippen LogP contribution < -0.4 is 11.1 Å². The van der Waals surface area contributed by atoms with Crippen LogP contribution in [0, 0.1) is 5.92 Å². The summed E-state index contributed by atoms with van der Waals surface area (Å²) in [6, 6.07) is 0.227. The summed E-state index contributed by atoms with van der Waals surface area (Å²) < 4.78 is 4.92. The van der Waals surface area contributed by atoms with E-state index in [1.165, 1.54) is 0 Å². The van der Waals surface area contributed by atoms with Gasteiger partial charge in [0.15, 0.2) is 0 Å². The van der Waals surface area contributed by atoms with Crippen molar-refractivity contribution < 1.29 is 9.53 Å². The summed E-state index contributed by atoms with van der Waals surface area (Å²) in [4.78, 5) is 13.8. The third kappa shape index (κ3) is 5.48. The second-order valence-electron chi connectivity index (χ2n) is 4.84. The van der Waals surface area contributed by atoms with Gasteiger partial charge in [-0.2, -0.15) is 0 Å². The lowest BCUT2D eigenvalue weighted by Gasteiger charge is -2.17. The summed E-state index contributed by atoms with van der Waals surface area (Å²) in [5, 5.41) is 2.90. The van der Waals surface area contributed by atoms with E-state index in [4.69, 9.17) is 10.5 Å². The van der Waals surface area contributed by atoms with Gasteiger partial charge in [0.05, 0.1) is 6.54 Å². The molecule has 0 aromatic rings. The number of nitrogens with two attached hydrogens (primary N) is 1. The van der Waals surface area contributed by atoms with Crippen LogP contribution in [0.25, 0.3) is 0 Å². The molecule has 3 N–H and O–H groups in total. The van der Waals surface area contributed by atoms with Gasteiger partial charge in [0, 0.05) is 32.8 Å². The minimum atomic E-state index is 0.103. The molecule has 1 saturated heterocycles. The summed E-state index contributed by atoms with van der Waals surface area (Å²) in [5.74, 6) is 0.641. The number of carbonyl (C=O) groups is 1. The van der Waals surface area contributed by atoms with E-state index in [0.29, 0.717) is 25.6 Å². The van der Waals surface area contributed by atoms with Crippen LogP contribution in [0.15, 0.2) is 0 Å². The predicted octanol–water partition coefficient (Wildman–Crippen LogP) is -0.192. The average molecular weight is 243 g/mol. The minimum Gasteiger partial charge on any atom is -0.385 e. The number of ether oxygens (including phenoxy) is 1. The molecular weight excluding hydrogens is 218 g/mol. The molecule has 2 atom stereocenters. The first-order chi connectivity index (χ1) is 8.13. The molecule has 0 bridgehead atoms. The lowest BCUT2D eigenvalue weighted by Crippen LogP contribution is -2.37. The number of hydrogen-bond acceptors (Lipinski definition) is 4. The van der Waals surface area contributed by atoms with E-state index < -0.39 is 0 Å². The molecule has 0 aliphatic carbocycles.